The Labute approximate surface area is 241 Å². The number of quaternary nitrogens is 1. The van der Waals surface area contributed by atoms with Gasteiger partial charge in [0, 0.05) is 42.6 Å². The average Bonchev–Trinajstić information content (AvgIpc) is 3.41. The molecule has 4 unspecified atom stereocenters. The largest absolute Gasteiger partial charge is 1.00 e. The molecule has 0 fully saturated rings. The maximum Gasteiger partial charge on any atom is 0.510 e. The van der Waals surface area contributed by atoms with Gasteiger partial charge in [0.2, 0.25) is 0 Å². The van der Waals surface area contributed by atoms with Gasteiger partial charge in [-0.3, -0.25) is 14.6 Å². The minimum atomic E-state index is -0.720. The lowest BCUT2D eigenvalue weighted by Crippen LogP contribution is -3.11. The summed E-state index contributed by atoms with van der Waals surface area (Å²) in [7, 11) is 2.05. The molecule has 1 aliphatic heterocycles. The van der Waals surface area contributed by atoms with E-state index < -0.39 is 12.3 Å². The predicted molar refractivity (Wildman–Crippen MR) is 148 cm³/mol. The molecule has 0 radical (unpaired) electrons. The van der Waals surface area contributed by atoms with Gasteiger partial charge in [-0.1, -0.05) is 48.5 Å². The van der Waals surface area contributed by atoms with Crippen LogP contribution in [0.25, 0.3) is 10.9 Å². The molecule has 0 saturated heterocycles. The highest BCUT2D eigenvalue weighted by molar-refractivity contribution is 6.11. The molecule has 2 aliphatic rings. The Morgan fingerprint density at radius 3 is 2.62 bits per heavy atom. The van der Waals surface area contributed by atoms with Gasteiger partial charge in [-0.05, 0) is 31.0 Å². The van der Waals surface area contributed by atoms with Gasteiger partial charge < -0.3 is 32.2 Å². The third kappa shape index (κ3) is 6.25. The molecule has 2 heterocycles. The maximum atomic E-state index is 13.5. The summed E-state index contributed by atoms with van der Waals surface area (Å²) in [5, 5.41) is 1.05. The summed E-state index contributed by atoms with van der Waals surface area (Å²) < 4.78 is 13.2. The van der Waals surface area contributed by atoms with Gasteiger partial charge in [-0.25, -0.2) is 4.79 Å². The number of fused-ring (bicyclic) bond motifs is 3. The van der Waals surface area contributed by atoms with Gasteiger partial charge in [0.25, 0.3) is 0 Å². The number of carbonyl (C=O) groups is 2. The fourth-order valence-electron chi connectivity index (χ4n) is 5.60. The Hall–Kier alpha value is -3.04. The van der Waals surface area contributed by atoms with Crippen LogP contribution in [-0.4, -0.2) is 47.4 Å². The summed E-state index contributed by atoms with van der Waals surface area (Å²) in [6, 6.07) is 17.7. The molecule has 8 nitrogen and oxygen atoms in total. The van der Waals surface area contributed by atoms with Crippen molar-refractivity contribution in [2.45, 2.75) is 38.5 Å². The number of Topliss-reactive ketones (excluding diaryl/α,β-unsaturated/α-hetero) is 1. The molecule has 10 heteroatoms. The molecule has 0 bridgehead atoms. The lowest BCUT2D eigenvalue weighted by molar-refractivity contribution is -0.878. The molecular weight excluding hydrogens is 539 g/mol. The van der Waals surface area contributed by atoms with E-state index in [1.807, 2.05) is 72.9 Å². The van der Waals surface area contributed by atoms with Gasteiger partial charge in [0.05, 0.1) is 18.7 Å². The normalized spacial score (nSPS) is 20.6. The van der Waals surface area contributed by atoms with Crippen LogP contribution in [0.5, 0.6) is 0 Å². The molecular formula is C29H36Cl2N4O4. The molecule has 39 heavy (non-hydrogen) atoms. The van der Waals surface area contributed by atoms with Crippen molar-refractivity contribution in [3.05, 3.63) is 83.8 Å². The molecule has 2 aromatic carbocycles. The van der Waals surface area contributed by atoms with Crippen molar-refractivity contribution in [2.24, 2.45) is 18.7 Å². The van der Waals surface area contributed by atoms with Gasteiger partial charge in [0.15, 0.2) is 18.7 Å². The Balaban J connectivity index is 0.00000210. The number of para-hydroxylation sites is 1. The van der Waals surface area contributed by atoms with Crippen LogP contribution in [0.3, 0.4) is 0 Å². The van der Waals surface area contributed by atoms with Crippen molar-refractivity contribution in [2.75, 3.05) is 19.8 Å². The van der Waals surface area contributed by atoms with E-state index in [1.165, 1.54) is 4.90 Å². The first-order chi connectivity index (χ1) is 18.0. The van der Waals surface area contributed by atoms with Crippen LogP contribution in [0.4, 0.5) is 4.79 Å². The summed E-state index contributed by atoms with van der Waals surface area (Å²) in [6.45, 7) is 3.25. The molecule has 0 amide bonds. The number of carbonyl (C=O) groups excluding carboxylic acids is 2. The van der Waals surface area contributed by atoms with Crippen molar-refractivity contribution in [1.82, 2.24) is 9.47 Å². The van der Waals surface area contributed by atoms with Gasteiger partial charge in [-0.15, -0.1) is 12.4 Å². The first kappa shape index (κ1) is 30.5. The van der Waals surface area contributed by atoms with Crippen molar-refractivity contribution in [1.29, 1.82) is 0 Å². The standard InChI is InChI=1S/C29H34N4O4.2ClH/c1-20-32(18-22-12-13-25-27(28(22)34)23-10-6-7-11-24(23)31(25)2)16-17-33(20)19-36-29(35)37-26(14-15-30)21-8-4-3-5-9-21;;/h3-11,16-17,20,22,26H,12-15,18-19,30H2,1-2H3;2*1H. The molecule has 4 atom stereocenters. The van der Waals surface area contributed by atoms with Crippen LogP contribution in [-0.2, 0) is 22.9 Å². The minimum absolute atomic E-state index is 0. The van der Waals surface area contributed by atoms with Crippen LogP contribution < -0.4 is 23.0 Å². The summed E-state index contributed by atoms with van der Waals surface area (Å²) in [4.78, 5) is 29.1. The second-order valence-electron chi connectivity index (χ2n) is 9.90. The van der Waals surface area contributed by atoms with Gasteiger partial charge in [-0.2, -0.15) is 0 Å². The topological polar surface area (TPSA) is 91.2 Å². The number of hydrogen-bond acceptors (Lipinski definition) is 6. The fraction of sp³-hybridized carbons (Fsp3) is 0.379. The zero-order valence-corrected chi connectivity index (χ0v) is 23.8. The number of halogens is 2. The van der Waals surface area contributed by atoms with Crippen LogP contribution >= 0.6 is 12.4 Å². The van der Waals surface area contributed by atoms with E-state index in [0.717, 1.165) is 40.6 Å². The highest BCUT2D eigenvalue weighted by atomic mass is 35.5. The van der Waals surface area contributed by atoms with Crippen LogP contribution in [0.1, 0.15) is 47.5 Å². The van der Waals surface area contributed by atoms with E-state index in [0.29, 0.717) is 19.5 Å². The van der Waals surface area contributed by atoms with E-state index in [-0.39, 0.29) is 49.4 Å². The fourth-order valence-corrected chi connectivity index (χ4v) is 5.60. The zero-order valence-electron chi connectivity index (χ0n) is 22.2. The monoisotopic (exact) mass is 574 g/mol. The molecule has 5 rings (SSSR count). The molecule has 1 aliphatic carbocycles. The van der Waals surface area contributed by atoms with E-state index in [1.54, 1.807) is 0 Å². The second kappa shape index (κ2) is 13.3. The van der Waals surface area contributed by atoms with Crippen LogP contribution in [0.2, 0.25) is 0 Å². The number of hydrogen-bond donors (Lipinski definition) is 2. The SMILES string of the molecule is CC1N(COC(=O)OC(CCN)c2ccccc2)C=C[NH+]1CC1CCc2c(c3ccccc3n2C)C1=O.Cl.[Cl-]. The summed E-state index contributed by atoms with van der Waals surface area (Å²) in [6.07, 6.45) is 5.10. The summed E-state index contributed by atoms with van der Waals surface area (Å²) in [5.41, 5.74) is 9.74. The molecule has 1 aromatic heterocycles. The highest BCUT2D eigenvalue weighted by Gasteiger charge is 2.37. The van der Waals surface area contributed by atoms with Gasteiger partial charge in [0.1, 0.15) is 12.3 Å². The quantitative estimate of drug-likeness (QED) is 0.382. The van der Waals surface area contributed by atoms with Crippen molar-refractivity contribution < 1.29 is 36.4 Å². The number of ether oxygens (including phenoxy) is 2. The minimum Gasteiger partial charge on any atom is -1.00 e. The average molecular weight is 576 g/mol. The molecule has 0 saturated carbocycles. The van der Waals surface area contributed by atoms with Crippen molar-refractivity contribution in [3.63, 3.8) is 0 Å². The van der Waals surface area contributed by atoms with Crippen molar-refractivity contribution >= 4 is 35.2 Å². The molecule has 3 aromatic rings. The lowest BCUT2D eigenvalue weighted by atomic mass is 9.84. The number of benzene rings is 2. The van der Waals surface area contributed by atoms with Crippen LogP contribution in [0, 0.1) is 5.92 Å². The number of nitrogens with two attached hydrogens (primary N) is 1. The van der Waals surface area contributed by atoms with Gasteiger partial charge >= 0.3 is 6.16 Å². The summed E-state index contributed by atoms with van der Waals surface area (Å²) >= 11 is 0. The zero-order chi connectivity index (χ0) is 25.9. The number of ketones is 1. The third-order valence-electron chi connectivity index (χ3n) is 7.74. The molecule has 210 valence electrons. The number of nitrogens with zero attached hydrogens (tertiary/aromatic N) is 2. The Morgan fingerprint density at radius 2 is 1.87 bits per heavy atom. The van der Waals surface area contributed by atoms with Crippen molar-refractivity contribution in [3.8, 4) is 0 Å². The maximum absolute atomic E-state index is 13.5. The smallest absolute Gasteiger partial charge is 0.510 e. The van der Waals surface area contributed by atoms with Crippen LogP contribution in [0.15, 0.2) is 67.0 Å². The van der Waals surface area contributed by atoms with E-state index in [2.05, 4.69) is 17.6 Å². The van der Waals surface area contributed by atoms with E-state index in [4.69, 9.17) is 15.2 Å². The number of nitrogens with one attached hydrogen (secondary N) is 1. The Bertz CT molecular complexity index is 1310. The molecule has 3 N–H and O–H groups in total. The Morgan fingerprint density at radius 1 is 1.15 bits per heavy atom. The number of aromatic nitrogens is 1. The first-order valence-electron chi connectivity index (χ1n) is 13.0. The first-order valence-corrected chi connectivity index (χ1v) is 13.0. The Kier molecular flexibility index (Phi) is 10.4. The lowest BCUT2D eigenvalue weighted by Gasteiger charge is -2.29. The predicted octanol–water partition coefficient (Wildman–Crippen LogP) is 0.568. The summed E-state index contributed by atoms with van der Waals surface area (Å²) in [5.74, 6) is 0.186. The third-order valence-corrected chi connectivity index (χ3v) is 7.74. The highest BCUT2D eigenvalue weighted by Crippen LogP contribution is 2.33. The van der Waals surface area contributed by atoms with E-state index >= 15 is 0 Å². The molecule has 0 spiro atoms. The number of rotatable bonds is 8. The number of aryl methyl sites for hydroxylation is 1. The second-order valence-corrected chi connectivity index (χ2v) is 9.90. The van der Waals surface area contributed by atoms with E-state index in [9.17, 15) is 9.59 Å².